The van der Waals surface area contributed by atoms with Gasteiger partial charge in [-0.05, 0) is 32.1 Å². The molecule has 1 aliphatic rings. The second-order valence-electron chi connectivity index (χ2n) is 9.16. The van der Waals surface area contributed by atoms with Crippen LogP contribution in [0, 0.1) is 0 Å². The van der Waals surface area contributed by atoms with E-state index in [1.54, 1.807) is 0 Å². The maximum atomic E-state index is 12.8. The minimum Gasteiger partial charge on any atom is -0.390 e. The summed E-state index contributed by atoms with van der Waals surface area (Å²) in [7, 11) is -4.33. The SMILES string of the molecule is CCCCCC/C=C/CCCCCCCC(=O)C1=NCC[N+]1(CCO)CC(O)CS(=O)(=O)O. The minimum absolute atomic E-state index is 0.0310. The number of hydrogen-bond acceptors (Lipinski definition) is 6. The highest BCUT2D eigenvalue weighted by Crippen LogP contribution is 2.20. The van der Waals surface area contributed by atoms with Gasteiger partial charge in [0.15, 0.2) is 0 Å². The number of aliphatic hydroxyl groups excluding tert-OH is 2. The summed E-state index contributed by atoms with van der Waals surface area (Å²) < 4.78 is 31.1. The van der Waals surface area contributed by atoms with E-state index < -0.39 is 22.0 Å². The number of aliphatic imine (C=N–C) groups is 1. The van der Waals surface area contributed by atoms with Gasteiger partial charge >= 0.3 is 0 Å². The predicted molar refractivity (Wildman–Crippen MR) is 132 cm³/mol. The third kappa shape index (κ3) is 12.8. The fraction of sp³-hybridized carbons (Fsp3) is 0.833. The number of hydrogen-bond donors (Lipinski definition) is 3. The monoisotopic (exact) mass is 489 g/mol. The van der Waals surface area contributed by atoms with Crippen molar-refractivity contribution in [2.24, 2.45) is 4.99 Å². The third-order valence-electron chi connectivity index (χ3n) is 6.15. The number of amidine groups is 1. The molecular weight excluding hydrogens is 444 g/mol. The Morgan fingerprint density at radius 2 is 1.67 bits per heavy atom. The summed E-state index contributed by atoms with van der Waals surface area (Å²) in [4.78, 5) is 17.2. The summed E-state index contributed by atoms with van der Waals surface area (Å²) in [6, 6.07) is 0. The first-order valence-corrected chi connectivity index (χ1v) is 14.2. The van der Waals surface area contributed by atoms with Crippen LogP contribution in [-0.4, -0.2) is 83.9 Å². The van der Waals surface area contributed by atoms with E-state index in [9.17, 15) is 23.4 Å². The van der Waals surface area contributed by atoms with Crippen LogP contribution in [0.1, 0.15) is 84.0 Å². The molecular formula is C24H45N2O6S+. The summed E-state index contributed by atoms with van der Waals surface area (Å²) in [5.41, 5.74) is 0. The van der Waals surface area contributed by atoms with Gasteiger partial charge in [0.2, 0.25) is 5.78 Å². The van der Waals surface area contributed by atoms with Crippen molar-refractivity contribution in [2.45, 2.75) is 90.1 Å². The second kappa shape index (κ2) is 16.5. The highest BCUT2D eigenvalue weighted by molar-refractivity contribution is 7.85. The van der Waals surface area contributed by atoms with Crippen molar-refractivity contribution >= 4 is 21.7 Å². The lowest BCUT2D eigenvalue weighted by Crippen LogP contribution is -2.59. The summed E-state index contributed by atoms with van der Waals surface area (Å²) in [6.07, 6.45) is 16.2. The van der Waals surface area contributed by atoms with Crippen molar-refractivity contribution in [1.29, 1.82) is 0 Å². The number of Topliss-reactive ketones (excluding diaryl/α,β-unsaturated/α-hetero) is 1. The van der Waals surface area contributed by atoms with Gasteiger partial charge in [-0.2, -0.15) is 8.42 Å². The standard InChI is InChI=1S/C24H44N2O6S/c1-2-3-4-5-6-7-8-9-10-11-12-13-14-15-23(29)24-25-16-17-26(24,18-19-27)20-22(28)21-33(30,31)32/h7-8,22,27-28H,2-6,9-21H2,1H3/p+1/b8-7+. The van der Waals surface area contributed by atoms with E-state index in [0.717, 1.165) is 38.5 Å². The van der Waals surface area contributed by atoms with E-state index in [-0.39, 0.29) is 30.0 Å². The Balaban J connectivity index is 2.33. The number of aliphatic hydroxyl groups is 2. The van der Waals surface area contributed by atoms with E-state index in [1.165, 1.54) is 32.1 Å². The maximum absolute atomic E-state index is 12.8. The largest absolute Gasteiger partial charge is 0.390 e. The zero-order chi connectivity index (χ0) is 24.6. The van der Waals surface area contributed by atoms with Gasteiger partial charge < -0.3 is 10.2 Å². The Bertz CT molecular complexity index is 722. The lowest BCUT2D eigenvalue weighted by Gasteiger charge is -2.34. The molecule has 2 atom stereocenters. The number of nitrogens with zero attached hydrogens (tertiary/aromatic N) is 2. The summed E-state index contributed by atoms with van der Waals surface area (Å²) >= 11 is 0. The third-order valence-corrected chi connectivity index (χ3v) is 6.95. The molecule has 0 radical (unpaired) electrons. The average molecular weight is 490 g/mol. The minimum atomic E-state index is -4.33. The molecule has 0 amide bonds. The van der Waals surface area contributed by atoms with Crippen LogP contribution in [0.3, 0.4) is 0 Å². The van der Waals surface area contributed by atoms with Crippen molar-refractivity contribution in [3.8, 4) is 0 Å². The van der Waals surface area contributed by atoms with Gasteiger partial charge in [-0.3, -0.25) is 13.8 Å². The first kappa shape index (κ1) is 29.9. The molecule has 0 fully saturated rings. The molecule has 9 heteroatoms. The normalized spacial score (nSPS) is 19.8. The molecule has 2 unspecified atom stereocenters. The topological polar surface area (TPSA) is 124 Å². The molecule has 0 aromatic rings. The lowest BCUT2D eigenvalue weighted by atomic mass is 10.1. The van der Waals surface area contributed by atoms with E-state index in [1.807, 2.05) is 0 Å². The van der Waals surface area contributed by atoms with Crippen LogP contribution < -0.4 is 0 Å². The van der Waals surface area contributed by atoms with Crippen LogP contribution in [-0.2, 0) is 14.9 Å². The van der Waals surface area contributed by atoms with Crippen molar-refractivity contribution in [2.75, 3.05) is 38.5 Å². The van der Waals surface area contributed by atoms with Crippen molar-refractivity contribution in [3.05, 3.63) is 12.2 Å². The van der Waals surface area contributed by atoms with Gasteiger partial charge in [0.25, 0.3) is 16.0 Å². The zero-order valence-electron chi connectivity index (χ0n) is 20.3. The first-order chi connectivity index (χ1) is 15.7. The summed E-state index contributed by atoms with van der Waals surface area (Å²) in [6.45, 7) is 2.94. The van der Waals surface area contributed by atoms with Gasteiger partial charge in [-0.15, -0.1) is 0 Å². The average Bonchev–Trinajstić information content (AvgIpc) is 3.13. The smallest absolute Gasteiger partial charge is 0.267 e. The van der Waals surface area contributed by atoms with Crippen molar-refractivity contribution in [1.82, 2.24) is 0 Å². The van der Waals surface area contributed by atoms with Gasteiger partial charge in [-0.25, -0.2) is 4.99 Å². The number of carbonyl (C=O) groups excluding carboxylic acids is 1. The Morgan fingerprint density at radius 3 is 2.27 bits per heavy atom. The number of quaternary nitrogens is 1. The first-order valence-electron chi connectivity index (χ1n) is 12.6. The summed E-state index contributed by atoms with van der Waals surface area (Å²) in [5, 5.41) is 19.6. The molecule has 1 rings (SSSR count). The van der Waals surface area contributed by atoms with E-state index in [0.29, 0.717) is 25.3 Å². The zero-order valence-corrected chi connectivity index (χ0v) is 21.1. The molecule has 3 N–H and O–H groups in total. The predicted octanol–water partition coefficient (Wildman–Crippen LogP) is 3.28. The van der Waals surface area contributed by atoms with E-state index in [2.05, 4.69) is 24.1 Å². The molecule has 1 aliphatic heterocycles. The molecule has 0 bridgehead atoms. The van der Waals surface area contributed by atoms with Crippen LogP contribution in [0.4, 0.5) is 0 Å². The Hall–Kier alpha value is -1.13. The van der Waals surface area contributed by atoms with Gasteiger partial charge in [0.1, 0.15) is 31.5 Å². The molecule has 0 aliphatic carbocycles. The Morgan fingerprint density at radius 1 is 1.06 bits per heavy atom. The number of carbonyl (C=O) groups is 1. The van der Waals surface area contributed by atoms with Crippen LogP contribution >= 0.6 is 0 Å². The van der Waals surface area contributed by atoms with Gasteiger partial charge in [0.05, 0.1) is 13.2 Å². The fourth-order valence-corrected chi connectivity index (χ4v) is 5.04. The highest BCUT2D eigenvalue weighted by Gasteiger charge is 2.43. The number of rotatable bonds is 20. The highest BCUT2D eigenvalue weighted by atomic mass is 32.2. The van der Waals surface area contributed by atoms with E-state index >= 15 is 0 Å². The summed E-state index contributed by atoms with van der Waals surface area (Å²) in [5.74, 6) is -0.595. The van der Waals surface area contributed by atoms with Crippen LogP contribution in [0.5, 0.6) is 0 Å². The molecule has 8 nitrogen and oxygen atoms in total. The fourth-order valence-electron chi connectivity index (χ4n) is 4.45. The maximum Gasteiger partial charge on any atom is 0.267 e. The lowest BCUT2D eigenvalue weighted by molar-refractivity contribution is -0.837. The molecule has 0 aromatic carbocycles. The van der Waals surface area contributed by atoms with Crippen molar-refractivity contribution < 1.29 is 32.5 Å². The number of unbranched alkanes of at least 4 members (excludes halogenated alkanes) is 9. The molecule has 0 spiro atoms. The van der Waals surface area contributed by atoms with Gasteiger partial charge in [0, 0.05) is 6.42 Å². The van der Waals surface area contributed by atoms with Gasteiger partial charge in [-0.1, -0.05) is 57.6 Å². The van der Waals surface area contributed by atoms with E-state index in [4.69, 9.17) is 4.55 Å². The second-order valence-corrected chi connectivity index (χ2v) is 10.7. The Kier molecular flexibility index (Phi) is 14.9. The van der Waals surface area contributed by atoms with Crippen molar-refractivity contribution in [3.63, 3.8) is 0 Å². The van der Waals surface area contributed by atoms with Crippen LogP contribution in [0.15, 0.2) is 17.1 Å². The number of ketones is 1. The Labute approximate surface area is 200 Å². The van der Waals surface area contributed by atoms with Crippen LogP contribution in [0.25, 0.3) is 0 Å². The van der Waals surface area contributed by atoms with Crippen LogP contribution in [0.2, 0.25) is 0 Å². The molecule has 1 heterocycles. The molecule has 33 heavy (non-hydrogen) atoms. The number of allylic oxidation sites excluding steroid dienone is 2. The molecule has 0 aromatic heterocycles. The molecule has 0 saturated heterocycles. The molecule has 192 valence electrons. The quantitative estimate of drug-likeness (QED) is 0.104. The molecule has 0 saturated carbocycles.